The number of aromatic nitrogens is 5. The first-order chi connectivity index (χ1) is 16.0. The number of nitrogens with two attached hydrogens (primary N) is 1. The van der Waals surface area contributed by atoms with Crippen molar-refractivity contribution in [2.45, 2.75) is 6.92 Å². The van der Waals surface area contributed by atoms with Crippen LogP contribution in [0.1, 0.15) is 11.1 Å². The summed E-state index contributed by atoms with van der Waals surface area (Å²) in [5.41, 5.74) is 14.8. The summed E-state index contributed by atoms with van der Waals surface area (Å²) in [6.45, 7) is 4.94. The number of hydrazone groups is 1. The van der Waals surface area contributed by atoms with Gasteiger partial charge in [0.1, 0.15) is 11.3 Å². The first-order valence-corrected chi connectivity index (χ1v) is 10.8. The fraction of sp³-hybridized carbons (Fsp3) is 0.304. The van der Waals surface area contributed by atoms with Crippen molar-refractivity contribution >= 4 is 28.5 Å². The highest BCUT2D eigenvalue weighted by Gasteiger charge is 2.21. The van der Waals surface area contributed by atoms with Crippen LogP contribution in [0.2, 0.25) is 0 Å². The molecule has 3 N–H and O–H groups in total. The van der Waals surface area contributed by atoms with E-state index in [0.29, 0.717) is 24.9 Å². The lowest BCUT2D eigenvalue weighted by molar-refractivity contribution is 0.123. The zero-order valence-corrected chi connectivity index (χ0v) is 19.0. The van der Waals surface area contributed by atoms with E-state index in [1.165, 1.54) is 0 Å². The minimum atomic E-state index is 0.398. The van der Waals surface area contributed by atoms with Crippen LogP contribution in [-0.4, -0.2) is 56.5 Å². The lowest BCUT2D eigenvalue weighted by Gasteiger charge is -2.29. The van der Waals surface area contributed by atoms with Gasteiger partial charge in [0.2, 0.25) is 0 Å². The maximum Gasteiger partial charge on any atom is 0.164 e. The molecule has 1 aromatic carbocycles. The van der Waals surface area contributed by atoms with E-state index in [0.717, 1.165) is 52.5 Å². The summed E-state index contributed by atoms with van der Waals surface area (Å²) < 4.78 is 9.30. The number of nitrogens with zero attached hydrogens (tertiary/aromatic N) is 7. The predicted octanol–water partition coefficient (Wildman–Crippen LogP) is 2.25. The Hall–Kier alpha value is -3.92. The molecule has 1 saturated heterocycles. The highest BCUT2D eigenvalue weighted by molar-refractivity contribution is 5.98. The van der Waals surface area contributed by atoms with Crippen molar-refractivity contribution in [2.75, 3.05) is 36.6 Å². The van der Waals surface area contributed by atoms with Gasteiger partial charge < -0.3 is 19.9 Å². The number of hydrogen-bond donors (Lipinski definition) is 2. The number of amidine groups is 1. The number of nitrogens with one attached hydrogen (secondary N) is 1. The molecular formula is C23H27N9O. The van der Waals surface area contributed by atoms with Gasteiger partial charge in [-0.25, -0.2) is 9.97 Å². The molecule has 0 radical (unpaired) electrons. The largest absolute Gasteiger partial charge is 0.382 e. The number of benzene rings is 1. The van der Waals surface area contributed by atoms with Crippen LogP contribution in [-0.2, 0) is 18.8 Å². The Bertz CT molecular complexity index is 1330. The zero-order chi connectivity index (χ0) is 22.9. The van der Waals surface area contributed by atoms with Crippen LogP contribution in [0.15, 0.2) is 47.8 Å². The molecule has 4 aromatic rings. The molecule has 5 rings (SSSR count). The van der Waals surface area contributed by atoms with Crippen LogP contribution in [0.4, 0.5) is 11.5 Å². The quantitative estimate of drug-likeness (QED) is 0.275. The number of aryl methyl sites for hydroxylation is 3. The molecule has 170 valence electrons. The van der Waals surface area contributed by atoms with Crippen LogP contribution < -0.4 is 16.1 Å². The Morgan fingerprint density at radius 1 is 1.15 bits per heavy atom. The van der Waals surface area contributed by atoms with Crippen LogP contribution >= 0.6 is 0 Å². The van der Waals surface area contributed by atoms with Crippen LogP contribution in [0, 0.1) is 6.92 Å². The molecule has 1 aliphatic heterocycles. The number of pyridine rings is 1. The molecule has 0 bridgehead atoms. The molecule has 0 aliphatic carbocycles. The fourth-order valence-electron chi connectivity index (χ4n) is 4.02. The van der Waals surface area contributed by atoms with Crippen molar-refractivity contribution in [3.05, 3.63) is 53.9 Å². The molecule has 0 atom stereocenters. The number of hydrogen-bond acceptors (Lipinski definition) is 7. The third kappa shape index (κ3) is 4.12. The summed E-state index contributed by atoms with van der Waals surface area (Å²) in [6.07, 6.45) is 3.75. The van der Waals surface area contributed by atoms with Gasteiger partial charge in [0.05, 0.1) is 30.7 Å². The summed E-state index contributed by atoms with van der Waals surface area (Å²) >= 11 is 0. The monoisotopic (exact) mass is 445 g/mol. The second kappa shape index (κ2) is 8.55. The summed E-state index contributed by atoms with van der Waals surface area (Å²) in [5, 5.41) is 8.68. The molecule has 3 aromatic heterocycles. The van der Waals surface area contributed by atoms with Crippen molar-refractivity contribution in [3.63, 3.8) is 0 Å². The lowest BCUT2D eigenvalue weighted by Crippen LogP contribution is -2.36. The van der Waals surface area contributed by atoms with E-state index in [-0.39, 0.29) is 0 Å². The molecule has 33 heavy (non-hydrogen) atoms. The van der Waals surface area contributed by atoms with Crippen molar-refractivity contribution in [3.8, 4) is 11.4 Å². The second-order valence-electron chi connectivity index (χ2n) is 8.17. The number of ether oxygens (including phenoxy) is 1. The molecule has 10 heteroatoms. The SMILES string of the molecule is Cc1cccc(/C(N)=N/Nc2cc(N3CCOCC3)c3nc(-c4cnn(C)c4)n(C)c3n2)c1. The van der Waals surface area contributed by atoms with Crippen LogP contribution in [0.3, 0.4) is 0 Å². The standard InChI is InChI=1S/C23H27N9O/c1-15-5-4-6-16(11-15)21(24)29-28-19-12-18(32-7-9-33-10-8-32)20-23(26-19)31(3)22(27-20)17-13-25-30(2)14-17/h4-6,11-14H,7-10H2,1-3H3,(H2,24,29)(H,26,28). The van der Waals surface area contributed by atoms with E-state index in [1.54, 1.807) is 4.68 Å². The zero-order valence-electron chi connectivity index (χ0n) is 19.0. The van der Waals surface area contributed by atoms with Gasteiger partial charge in [0, 0.05) is 45.0 Å². The average Bonchev–Trinajstić information content (AvgIpc) is 3.40. The summed E-state index contributed by atoms with van der Waals surface area (Å²) in [4.78, 5) is 12.0. The molecule has 1 aliphatic rings. The molecule has 4 heterocycles. The van der Waals surface area contributed by atoms with Gasteiger partial charge in [-0.2, -0.15) is 10.2 Å². The molecule has 0 amide bonds. The highest BCUT2D eigenvalue weighted by atomic mass is 16.5. The summed E-state index contributed by atoms with van der Waals surface area (Å²) in [5.74, 6) is 1.80. The van der Waals surface area contributed by atoms with Crippen molar-refractivity contribution in [1.29, 1.82) is 0 Å². The topological polar surface area (TPSA) is 111 Å². The third-order valence-corrected chi connectivity index (χ3v) is 5.73. The van der Waals surface area contributed by atoms with Crippen LogP contribution in [0.25, 0.3) is 22.6 Å². The summed E-state index contributed by atoms with van der Waals surface area (Å²) in [7, 11) is 3.85. The Morgan fingerprint density at radius 2 is 1.97 bits per heavy atom. The van der Waals surface area contributed by atoms with Gasteiger partial charge in [-0.1, -0.05) is 23.8 Å². The predicted molar refractivity (Wildman–Crippen MR) is 129 cm³/mol. The maximum atomic E-state index is 6.22. The molecule has 10 nitrogen and oxygen atoms in total. The number of rotatable bonds is 5. The molecule has 0 unspecified atom stereocenters. The highest BCUT2D eigenvalue weighted by Crippen LogP contribution is 2.32. The first-order valence-electron chi connectivity index (χ1n) is 10.8. The van der Waals surface area contributed by atoms with E-state index in [4.69, 9.17) is 20.4 Å². The number of morpholine rings is 1. The average molecular weight is 446 g/mol. The summed E-state index contributed by atoms with van der Waals surface area (Å²) in [6, 6.07) is 9.89. The van der Waals surface area contributed by atoms with Gasteiger partial charge in [-0.3, -0.25) is 10.1 Å². The normalized spacial score (nSPS) is 14.8. The van der Waals surface area contributed by atoms with E-state index in [1.807, 2.05) is 68.3 Å². The Balaban J connectivity index is 1.57. The smallest absolute Gasteiger partial charge is 0.164 e. The number of fused-ring (bicyclic) bond motifs is 1. The second-order valence-corrected chi connectivity index (χ2v) is 8.17. The fourth-order valence-corrected chi connectivity index (χ4v) is 4.02. The first kappa shape index (κ1) is 21.0. The van der Waals surface area contributed by atoms with Gasteiger partial charge in [-0.15, -0.1) is 0 Å². The maximum absolute atomic E-state index is 6.22. The molecule has 0 spiro atoms. The van der Waals surface area contributed by atoms with Crippen molar-refractivity contribution in [1.82, 2.24) is 24.3 Å². The van der Waals surface area contributed by atoms with E-state index >= 15 is 0 Å². The minimum Gasteiger partial charge on any atom is -0.382 e. The lowest BCUT2D eigenvalue weighted by atomic mass is 10.1. The van der Waals surface area contributed by atoms with E-state index in [2.05, 4.69) is 20.5 Å². The number of anilines is 2. The Morgan fingerprint density at radius 3 is 2.70 bits per heavy atom. The van der Waals surface area contributed by atoms with E-state index < -0.39 is 0 Å². The molecule has 1 fully saturated rings. The van der Waals surface area contributed by atoms with Gasteiger partial charge in [0.25, 0.3) is 0 Å². The third-order valence-electron chi connectivity index (χ3n) is 5.73. The molecule has 0 saturated carbocycles. The van der Waals surface area contributed by atoms with E-state index in [9.17, 15) is 0 Å². The minimum absolute atomic E-state index is 0.398. The Kier molecular flexibility index (Phi) is 5.43. The Labute approximate surface area is 191 Å². The molecular weight excluding hydrogens is 418 g/mol. The van der Waals surface area contributed by atoms with Gasteiger partial charge >= 0.3 is 0 Å². The van der Waals surface area contributed by atoms with Crippen molar-refractivity contribution < 1.29 is 4.74 Å². The number of imidazole rings is 1. The van der Waals surface area contributed by atoms with Crippen molar-refractivity contribution in [2.24, 2.45) is 24.9 Å². The van der Waals surface area contributed by atoms with Gasteiger partial charge in [0.15, 0.2) is 17.3 Å². The van der Waals surface area contributed by atoms with Crippen LogP contribution in [0.5, 0.6) is 0 Å². The van der Waals surface area contributed by atoms with Gasteiger partial charge in [-0.05, 0) is 13.0 Å².